The van der Waals surface area contributed by atoms with Crippen LogP contribution in [0.15, 0.2) is 109 Å². The normalized spacial score (nSPS) is 17.3. The maximum absolute atomic E-state index is 12.9. The minimum atomic E-state index is -0.456. The number of hydrogen-bond donors (Lipinski definition) is 1. The highest BCUT2D eigenvalue weighted by atomic mass is 16.6. The monoisotopic (exact) mass is 620 g/mol. The molecule has 0 amide bonds. The largest absolute Gasteiger partial charge is 0.493 e. The maximum Gasteiger partial charge on any atom is 0.338 e. The molecule has 0 fully saturated rings. The number of carbonyl (C=O) groups is 2. The highest BCUT2D eigenvalue weighted by Crippen LogP contribution is 2.55. The van der Waals surface area contributed by atoms with Gasteiger partial charge in [-0.15, -0.1) is 0 Å². The van der Waals surface area contributed by atoms with E-state index in [9.17, 15) is 14.9 Å². The number of nitrogens with zero attached hydrogens (tertiary/aromatic N) is 1. The molecule has 0 saturated heterocycles. The SMILES string of the molecule is COc1cc([C@H]2Nc3ccc(C#N)cc3[C@H]3c4ccccc4C[C@H]32)c(-c2ccc(C(=O)OCc3ccccc3)cc2)cc1OC(C)=O. The Hall–Kier alpha value is -5.87. The van der Waals surface area contributed by atoms with E-state index in [0.29, 0.717) is 22.6 Å². The van der Waals surface area contributed by atoms with Crippen LogP contribution in [0.25, 0.3) is 11.1 Å². The lowest BCUT2D eigenvalue weighted by Gasteiger charge is -2.39. The van der Waals surface area contributed by atoms with E-state index in [2.05, 4.69) is 35.7 Å². The van der Waals surface area contributed by atoms with Crippen LogP contribution in [-0.2, 0) is 22.6 Å². The van der Waals surface area contributed by atoms with Crippen molar-refractivity contribution in [3.8, 4) is 28.7 Å². The van der Waals surface area contributed by atoms with Crippen LogP contribution in [0.2, 0.25) is 0 Å². The van der Waals surface area contributed by atoms with Crippen molar-refractivity contribution in [2.45, 2.75) is 31.9 Å². The summed E-state index contributed by atoms with van der Waals surface area (Å²) in [4.78, 5) is 25.0. The van der Waals surface area contributed by atoms with Gasteiger partial charge < -0.3 is 19.5 Å². The molecule has 1 aliphatic carbocycles. The predicted octanol–water partition coefficient (Wildman–Crippen LogP) is 7.99. The zero-order valence-corrected chi connectivity index (χ0v) is 26.0. The minimum Gasteiger partial charge on any atom is -0.493 e. The van der Waals surface area contributed by atoms with Crippen LogP contribution >= 0.6 is 0 Å². The van der Waals surface area contributed by atoms with E-state index in [1.165, 1.54) is 18.1 Å². The van der Waals surface area contributed by atoms with E-state index in [1.807, 2.05) is 72.8 Å². The van der Waals surface area contributed by atoms with Crippen LogP contribution in [0.5, 0.6) is 11.5 Å². The van der Waals surface area contributed by atoms with Gasteiger partial charge >= 0.3 is 11.9 Å². The van der Waals surface area contributed by atoms with Gasteiger partial charge in [-0.05, 0) is 93.7 Å². The summed E-state index contributed by atoms with van der Waals surface area (Å²) in [6, 6.07) is 37.1. The van der Waals surface area contributed by atoms with Crippen molar-refractivity contribution in [1.29, 1.82) is 5.26 Å². The van der Waals surface area contributed by atoms with Crippen molar-refractivity contribution in [3.05, 3.63) is 148 Å². The smallest absolute Gasteiger partial charge is 0.338 e. The first-order valence-corrected chi connectivity index (χ1v) is 15.5. The second-order valence-corrected chi connectivity index (χ2v) is 11.9. The molecule has 232 valence electrons. The number of methoxy groups -OCH3 is 1. The van der Waals surface area contributed by atoms with Gasteiger partial charge in [0.25, 0.3) is 0 Å². The average Bonchev–Trinajstić information content (AvgIpc) is 3.50. The number of rotatable bonds is 7. The number of nitrogens with one attached hydrogen (secondary N) is 1. The van der Waals surface area contributed by atoms with Crippen LogP contribution in [0, 0.1) is 17.2 Å². The Morgan fingerprint density at radius 3 is 2.36 bits per heavy atom. The summed E-state index contributed by atoms with van der Waals surface area (Å²) in [7, 11) is 1.56. The number of anilines is 1. The Balaban J connectivity index is 1.30. The fourth-order valence-corrected chi connectivity index (χ4v) is 7.01. The van der Waals surface area contributed by atoms with Crippen molar-refractivity contribution in [3.63, 3.8) is 0 Å². The third-order valence-corrected chi connectivity index (χ3v) is 9.10. The first-order valence-electron chi connectivity index (χ1n) is 15.5. The van der Waals surface area contributed by atoms with Crippen LogP contribution < -0.4 is 14.8 Å². The van der Waals surface area contributed by atoms with Gasteiger partial charge in [0.2, 0.25) is 0 Å². The first-order chi connectivity index (χ1) is 22.9. The molecule has 7 rings (SSSR count). The fourth-order valence-electron chi connectivity index (χ4n) is 7.01. The van der Waals surface area contributed by atoms with Crippen LogP contribution in [0.1, 0.15) is 62.6 Å². The van der Waals surface area contributed by atoms with Gasteiger partial charge in [-0.3, -0.25) is 4.79 Å². The fraction of sp³-hybridized carbons (Fsp3) is 0.175. The molecule has 0 saturated carbocycles. The van der Waals surface area contributed by atoms with E-state index < -0.39 is 11.9 Å². The molecule has 0 bridgehead atoms. The molecular formula is C40H32N2O5. The molecule has 5 aromatic rings. The van der Waals surface area contributed by atoms with E-state index in [1.54, 1.807) is 19.2 Å². The number of nitriles is 1. The number of carbonyl (C=O) groups excluding carboxylic acids is 2. The highest BCUT2D eigenvalue weighted by Gasteiger charge is 2.44. The van der Waals surface area contributed by atoms with Gasteiger partial charge in [0.1, 0.15) is 6.61 Å². The first kappa shape index (κ1) is 29.8. The molecule has 0 radical (unpaired) electrons. The lowest BCUT2D eigenvalue weighted by molar-refractivity contribution is -0.132. The predicted molar refractivity (Wildman–Crippen MR) is 178 cm³/mol. The number of fused-ring (bicyclic) bond motifs is 5. The van der Waals surface area contributed by atoms with E-state index >= 15 is 0 Å². The maximum atomic E-state index is 12.9. The number of hydrogen-bond acceptors (Lipinski definition) is 7. The lowest BCUT2D eigenvalue weighted by Crippen LogP contribution is -2.31. The lowest BCUT2D eigenvalue weighted by atomic mass is 9.74. The second kappa shape index (κ2) is 12.5. The third kappa shape index (κ3) is 5.70. The van der Waals surface area contributed by atoms with E-state index in [4.69, 9.17) is 14.2 Å². The summed E-state index contributed by atoms with van der Waals surface area (Å²) in [5.74, 6) is 0.0945. The van der Waals surface area contributed by atoms with Crippen LogP contribution in [-0.4, -0.2) is 19.0 Å². The quantitative estimate of drug-likeness (QED) is 0.146. The molecule has 5 aromatic carbocycles. The molecule has 1 N–H and O–H groups in total. The summed E-state index contributed by atoms with van der Waals surface area (Å²) >= 11 is 0. The van der Waals surface area contributed by atoms with Gasteiger partial charge in [0.15, 0.2) is 11.5 Å². The molecule has 1 aliphatic heterocycles. The number of benzene rings is 5. The van der Waals surface area contributed by atoms with Crippen molar-refractivity contribution in [1.82, 2.24) is 0 Å². The molecule has 0 unspecified atom stereocenters. The van der Waals surface area contributed by atoms with E-state index in [0.717, 1.165) is 39.9 Å². The summed E-state index contributed by atoms with van der Waals surface area (Å²) in [5, 5.41) is 13.5. The molecule has 0 spiro atoms. The Morgan fingerprint density at radius 2 is 1.62 bits per heavy atom. The Bertz CT molecular complexity index is 2030. The molecule has 7 heteroatoms. The van der Waals surface area contributed by atoms with E-state index in [-0.39, 0.29) is 24.5 Å². The van der Waals surface area contributed by atoms with Crippen LogP contribution in [0.3, 0.4) is 0 Å². The number of esters is 2. The van der Waals surface area contributed by atoms with Gasteiger partial charge in [0.05, 0.1) is 30.3 Å². The molecular weight excluding hydrogens is 588 g/mol. The summed E-state index contributed by atoms with van der Waals surface area (Å²) < 4.78 is 16.9. The summed E-state index contributed by atoms with van der Waals surface area (Å²) in [5.41, 5.74) is 9.26. The Kier molecular flexibility index (Phi) is 7.93. The molecule has 47 heavy (non-hydrogen) atoms. The third-order valence-electron chi connectivity index (χ3n) is 9.10. The Morgan fingerprint density at radius 1 is 0.851 bits per heavy atom. The van der Waals surface area contributed by atoms with Gasteiger partial charge in [-0.25, -0.2) is 4.79 Å². The van der Waals surface area contributed by atoms with Crippen LogP contribution in [0.4, 0.5) is 5.69 Å². The van der Waals surface area contributed by atoms with Crippen molar-refractivity contribution in [2.24, 2.45) is 5.92 Å². The Labute approximate surface area is 273 Å². The zero-order valence-electron chi connectivity index (χ0n) is 26.0. The van der Waals surface area contributed by atoms with Gasteiger partial charge in [-0.2, -0.15) is 5.26 Å². The highest BCUT2D eigenvalue weighted by molar-refractivity contribution is 5.90. The molecule has 1 heterocycles. The molecule has 3 atom stereocenters. The molecule has 7 nitrogen and oxygen atoms in total. The van der Waals surface area contributed by atoms with Gasteiger partial charge in [0, 0.05) is 18.5 Å². The van der Waals surface area contributed by atoms with Crippen molar-refractivity contribution < 1.29 is 23.8 Å². The molecule has 0 aromatic heterocycles. The zero-order chi connectivity index (χ0) is 32.5. The molecule has 2 aliphatic rings. The minimum absolute atomic E-state index is 0.0782. The van der Waals surface area contributed by atoms with Crippen molar-refractivity contribution >= 4 is 17.6 Å². The second-order valence-electron chi connectivity index (χ2n) is 11.9. The summed E-state index contributed by atoms with van der Waals surface area (Å²) in [6.07, 6.45) is 0.842. The topological polar surface area (TPSA) is 97.7 Å². The van der Waals surface area contributed by atoms with Gasteiger partial charge in [-0.1, -0.05) is 66.7 Å². The average molecular weight is 621 g/mol. The van der Waals surface area contributed by atoms with Crippen molar-refractivity contribution in [2.75, 3.05) is 12.4 Å². The number of ether oxygens (including phenoxy) is 3. The summed E-state index contributed by atoms with van der Waals surface area (Å²) in [6.45, 7) is 1.55. The standard InChI is InChI=1S/C40H32N2O5/c1-24(43)47-37-20-31(27-13-15-28(16-14-27)40(44)46-23-25-8-4-3-5-9-25)32(21-36(37)45-2)39-34-19-29-10-6-7-11-30(29)38(34)33-18-26(22-41)12-17-35(33)42-39/h3-18,20-21,34,38-39,42H,19,23H2,1-2H3/t34-,38-,39-/m1/s1.